The van der Waals surface area contributed by atoms with Gasteiger partial charge in [-0.3, -0.25) is 4.98 Å². The highest BCUT2D eigenvalue weighted by Gasteiger charge is 2.17. The second kappa shape index (κ2) is 9.28. The first-order valence-corrected chi connectivity index (χ1v) is 9.05. The van der Waals surface area contributed by atoms with Crippen molar-refractivity contribution in [2.24, 2.45) is 0 Å². The number of carbonyl (C=O) groups excluding carboxylic acids is 1. The molecule has 1 aromatic heterocycles. The Morgan fingerprint density at radius 1 is 1.07 bits per heavy atom. The van der Waals surface area contributed by atoms with Crippen molar-refractivity contribution in [1.29, 1.82) is 0 Å². The van der Waals surface area contributed by atoms with Gasteiger partial charge in [-0.1, -0.05) is 35.9 Å². The van der Waals surface area contributed by atoms with Gasteiger partial charge in [0.25, 0.3) is 0 Å². The molecular weight excluding hydrogens is 384 g/mol. The lowest BCUT2D eigenvalue weighted by Crippen LogP contribution is -2.36. The van der Waals surface area contributed by atoms with Gasteiger partial charge in [-0.05, 0) is 35.9 Å². The molecule has 0 fully saturated rings. The van der Waals surface area contributed by atoms with E-state index < -0.39 is 17.7 Å². The smallest absolute Gasteiger partial charge is 0.320 e. The van der Waals surface area contributed by atoms with Gasteiger partial charge in [0.1, 0.15) is 11.6 Å². The third-order valence-corrected chi connectivity index (χ3v) is 4.51. The van der Waals surface area contributed by atoms with E-state index in [0.29, 0.717) is 18.0 Å². The van der Waals surface area contributed by atoms with Crippen LogP contribution in [0.3, 0.4) is 0 Å². The maximum Gasteiger partial charge on any atom is 0.322 e. The largest absolute Gasteiger partial charge is 0.322 e. The third kappa shape index (κ3) is 5.27. The van der Waals surface area contributed by atoms with Crippen LogP contribution < -0.4 is 5.32 Å². The van der Waals surface area contributed by atoms with Crippen molar-refractivity contribution in [2.75, 3.05) is 11.9 Å². The fourth-order valence-corrected chi connectivity index (χ4v) is 2.86. The molecule has 0 aliphatic heterocycles. The Morgan fingerprint density at radius 2 is 1.86 bits per heavy atom. The minimum Gasteiger partial charge on any atom is -0.320 e. The molecule has 0 spiro atoms. The highest BCUT2D eigenvalue weighted by molar-refractivity contribution is 6.31. The molecule has 144 valence electrons. The standard InChI is InChI=1S/C21H18ClF2N3O/c22-18-7-2-1-5-15(18)14-27(12-10-17-6-3-4-11-25-17)21(28)26-20-9-8-16(23)13-19(20)24/h1-9,11,13H,10,12,14H2,(H,26,28). The minimum absolute atomic E-state index is 0.0894. The van der Waals surface area contributed by atoms with Crippen molar-refractivity contribution in [3.05, 3.63) is 94.8 Å². The molecular formula is C21H18ClF2N3O. The first-order chi connectivity index (χ1) is 13.5. The third-order valence-electron chi connectivity index (χ3n) is 4.14. The predicted molar refractivity (Wildman–Crippen MR) is 105 cm³/mol. The predicted octanol–water partition coefficient (Wildman–Crippen LogP) is 5.29. The number of rotatable bonds is 6. The van der Waals surface area contributed by atoms with Gasteiger partial charge in [0.05, 0.1) is 5.69 Å². The van der Waals surface area contributed by atoms with Gasteiger partial charge in [-0.2, -0.15) is 0 Å². The maximum atomic E-state index is 13.9. The number of hydrogen-bond donors (Lipinski definition) is 1. The van der Waals surface area contributed by atoms with E-state index in [0.717, 1.165) is 23.4 Å². The van der Waals surface area contributed by atoms with Crippen LogP contribution in [0.15, 0.2) is 66.9 Å². The number of aromatic nitrogens is 1. The molecule has 0 atom stereocenters. The molecule has 3 rings (SSSR count). The number of nitrogens with zero attached hydrogens (tertiary/aromatic N) is 2. The Hall–Kier alpha value is -2.99. The van der Waals surface area contributed by atoms with E-state index in [-0.39, 0.29) is 12.2 Å². The zero-order chi connectivity index (χ0) is 19.9. The molecule has 0 bridgehead atoms. The average Bonchev–Trinajstić information content (AvgIpc) is 2.69. The van der Waals surface area contributed by atoms with Crippen LogP contribution >= 0.6 is 11.6 Å². The van der Waals surface area contributed by atoms with E-state index >= 15 is 0 Å². The number of hydrogen-bond acceptors (Lipinski definition) is 2. The van der Waals surface area contributed by atoms with Crippen molar-refractivity contribution >= 4 is 23.3 Å². The zero-order valence-electron chi connectivity index (χ0n) is 14.9. The molecule has 1 heterocycles. The highest BCUT2D eigenvalue weighted by atomic mass is 35.5. The summed E-state index contributed by atoms with van der Waals surface area (Å²) in [5.74, 6) is -1.55. The fraction of sp³-hybridized carbons (Fsp3) is 0.143. The number of anilines is 1. The summed E-state index contributed by atoms with van der Waals surface area (Å²) in [4.78, 5) is 18.5. The summed E-state index contributed by atoms with van der Waals surface area (Å²) in [6.07, 6.45) is 2.20. The van der Waals surface area contributed by atoms with E-state index in [1.165, 1.54) is 11.0 Å². The molecule has 0 aliphatic carbocycles. The van der Waals surface area contributed by atoms with Crippen LogP contribution in [0.4, 0.5) is 19.3 Å². The Bertz CT molecular complexity index is 953. The maximum absolute atomic E-state index is 13.9. The van der Waals surface area contributed by atoms with E-state index in [1.54, 1.807) is 18.3 Å². The number of pyridine rings is 1. The molecule has 2 aromatic carbocycles. The lowest BCUT2D eigenvalue weighted by atomic mass is 10.2. The number of urea groups is 1. The fourth-order valence-electron chi connectivity index (χ4n) is 2.67. The number of nitrogens with one attached hydrogen (secondary N) is 1. The molecule has 0 unspecified atom stereocenters. The molecule has 0 saturated carbocycles. The second-order valence-corrected chi connectivity index (χ2v) is 6.55. The summed E-state index contributed by atoms with van der Waals surface area (Å²) in [7, 11) is 0. The zero-order valence-corrected chi connectivity index (χ0v) is 15.7. The minimum atomic E-state index is -0.837. The molecule has 0 radical (unpaired) electrons. The van der Waals surface area contributed by atoms with Crippen LogP contribution in [-0.4, -0.2) is 22.5 Å². The summed E-state index contributed by atoms with van der Waals surface area (Å²) < 4.78 is 27.0. The Balaban J connectivity index is 1.77. The van der Waals surface area contributed by atoms with Crippen LogP contribution in [0.2, 0.25) is 5.02 Å². The van der Waals surface area contributed by atoms with Crippen LogP contribution in [0, 0.1) is 11.6 Å². The Morgan fingerprint density at radius 3 is 2.57 bits per heavy atom. The van der Waals surface area contributed by atoms with Crippen molar-refractivity contribution in [3.8, 4) is 0 Å². The molecule has 7 heteroatoms. The molecule has 3 aromatic rings. The van der Waals surface area contributed by atoms with Gasteiger partial charge < -0.3 is 10.2 Å². The number of halogens is 3. The summed E-state index contributed by atoms with van der Waals surface area (Å²) in [5.41, 5.74) is 1.50. The Kier molecular flexibility index (Phi) is 6.55. The van der Waals surface area contributed by atoms with E-state index in [9.17, 15) is 13.6 Å². The molecule has 1 N–H and O–H groups in total. The number of carbonyl (C=O) groups is 1. The van der Waals surface area contributed by atoms with Gasteiger partial charge >= 0.3 is 6.03 Å². The van der Waals surface area contributed by atoms with Gasteiger partial charge in [-0.25, -0.2) is 13.6 Å². The summed E-state index contributed by atoms with van der Waals surface area (Å²) in [6, 6.07) is 15.2. The van der Waals surface area contributed by atoms with Crippen molar-refractivity contribution in [2.45, 2.75) is 13.0 Å². The molecule has 0 aliphatic rings. The van der Waals surface area contributed by atoms with Crippen LogP contribution in [0.25, 0.3) is 0 Å². The second-order valence-electron chi connectivity index (χ2n) is 6.14. The van der Waals surface area contributed by atoms with Crippen LogP contribution in [-0.2, 0) is 13.0 Å². The van der Waals surface area contributed by atoms with Crippen LogP contribution in [0.5, 0.6) is 0 Å². The first kappa shape index (κ1) is 19.8. The van der Waals surface area contributed by atoms with Crippen LogP contribution in [0.1, 0.15) is 11.3 Å². The van der Waals surface area contributed by atoms with E-state index in [1.807, 2.05) is 30.3 Å². The average molecular weight is 402 g/mol. The highest BCUT2D eigenvalue weighted by Crippen LogP contribution is 2.19. The van der Waals surface area contributed by atoms with Gasteiger partial charge in [0, 0.05) is 42.5 Å². The van der Waals surface area contributed by atoms with Crippen molar-refractivity contribution in [3.63, 3.8) is 0 Å². The molecule has 28 heavy (non-hydrogen) atoms. The van der Waals surface area contributed by atoms with Crippen molar-refractivity contribution in [1.82, 2.24) is 9.88 Å². The number of benzene rings is 2. The lowest BCUT2D eigenvalue weighted by Gasteiger charge is -2.24. The monoisotopic (exact) mass is 401 g/mol. The molecule has 0 saturated heterocycles. The summed E-state index contributed by atoms with van der Waals surface area (Å²) in [5, 5.41) is 3.03. The normalized spacial score (nSPS) is 10.5. The Labute approximate surface area is 166 Å². The van der Waals surface area contributed by atoms with E-state index in [2.05, 4.69) is 10.3 Å². The summed E-state index contributed by atoms with van der Waals surface area (Å²) >= 11 is 6.22. The lowest BCUT2D eigenvalue weighted by molar-refractivity contribution is 0.209. The topological polar surface area (TPSA) is 45.2 Å². The summed E-state index contributed by atoms with van der Waals surface area (Å²) in [6.45, 7) is 0.581. The van der Waals surface area contributed by atoms with E-state index in [4.69, 9.17) is 11.6 Å². The number of amides is 2. The van der Waals surface area contributed by atoms with Gasteiger partial charge in [-0.15, -0.1) is 0 Å². The van der Waals surface area contributed by atoms with Crippen molar-refractivity contribution < 1.29 is 13.6 Å². The molecule has 4 nitrogen and oxygen atoms in total. The first-order valence-electron chi connectivity index (χ1n) is 8.67. The van der Waals surface area contributed by atoms with Gasteiger partial charge in [0.15, 0.2) is 0 Å². The van der Waals surface area contributed by atoms with Gasteiger partial charge in [0.2, 0.25) is 0 Å². The quantitative estimate of drug-likeness (QED) is 0.610. The SMILES string of the molecule is O=C(Nc1ccc(F)cc1F)N(CCc1ccccn1)Cc1ccccc1Cl. The molecule has 2 amide bonds.